The molecule has 0 saturated carbocycles. The molecule has 0 aliphatic carbocycles. The smallest absolute Gasteiger partial charge is 0.0472 e. The number of benzene rings is 1. The summed E-state index contributed by atoms with van der Waals surface area (Å²) in [5.41, 5.74) is 1.73. The number of piperazine rings is 1. The van der Waals surface area contributed by atoms with Crippen molar-refractivity contribution in [1.29, 1.82) is 0 Å². The van der Waals surface area contributed by atoms with E-state index in [1.54, 1.807) is 0 Å². The molecule has 0 spiro atoms. The van der Waals surface area contributed by atoms with Crippen molar-refractivity contribution in [1.82, 2.24) is 4.90 Å². The van der Waals surface area contributed by atoms with Crippen molar-refractivity contribution >= 4 is 18.3 Å². The minimum Gasteiger partial charge on any atom is -0.381 e. The minimum absolute atomic E-state index is 0.371. The minimum atomic E-state index is 0.371. The van der Waals surface area contributed by atoms with Crippen molar-refractivity contribution in [3.8, 4) is 0 Å². The highest BCUT2D eigenvalue weighted by atomic mass is 32.1. The van der Waals surface area contributed by atoms with Crippen LogP contribution in [-0.4, -0.2) is 56.6 Å². The quantitative estimate of drug-likeness (QED) is 0.861. The zero-order chi connectivity index (χ0) is 14.5. The van der Waals surface area contributed by atoms with E-state index < -0.39 is 0 Å². The van der Waals surface area contributed by atoms with Crippen molar-refractivity contribution in [2.45, 2.75) is 12.8 Å². The Labute approximate surface area is 133 Å². The Morgan fingerprint density at radius 3 is 2.29 bits per heavy atom. The van der Waals surface area contributed by atoms with Crippen LogP contribution in [0.5, 0.6) is 0 Å². The number of para-hydroxylation sites is 1. The molecule has 0 aromatic heterocycles. The predicted molar refractivity (Wildman–Crippen MR) is 91.4 cm³/mol. The maximum atomic E-state index is 5.53. The summed E-state index contributed by atoms with van der Waals surface area (Å²) in [5, 5.41) is 0. The zero-order valence-electron chi connectivity index (χ0n) is 12.7. The molecule has 116 valence electrons. The van der Waals surface area contributed by atoms with Gasteiger partial charge in [0.15, 0.2) is 0 Å². The van der Waals surface area contributed by atoms with E-state index in [1.807, 2.05) is 0 Å². The van der Waals surface area contributed by atoms with Gasteiger partial charge >= 0.3 is 0 Å². The standard InChI is InChI=1S/C17H26N2OS/c21-15-17(6-12-20-13-7-17)14-18-8-10-19(11-9-18)16-4-2-1-3-5-16/h1-5,21H,6-15H2. The topological polar surface area (TPSA) is 15.7 Å². The first-order chi connectivity index (χ1) is 10.3. The Hall–Kier alpha value is -0.710. The maximum Gasteiger partial charge on any atom is 0.0472 e. The Morgan fingerprint density at radius 2 is 1.67 bits per heavy atom. The van der Waals surface area contributed by atoms with Crippen LogP contribution in [0, 0.1) is 5.41 Å². The van der Waals surface area contributed by atoms with Crippen LogP contribution in [-0.2, 0) is 4.74 Å². The average Bonchev–Trinajstić information content (AvgIpc) is 2.57. The third kappa shape index (κ3) is 3.74. The number of anilines is 1. The molecule has 3 rings (SSSR count). The van der Waals surface area contributed by atoms with Crippen molar-refractivity contribution in [3.63, 3.8) is 0 Å². The lowest BCUT2D eigenvalue weighted by Crippen LogP contribution is -2.51. The molecule has 0 N–H and O–H groups in total. The SMILES string of the molecule is SCC1(CN2CCN(c3ccccc3)CC2)CCOCC1. The highest BCUT2D eigenvalue weighted by Crippen LogP contribution is 2.33. The van der Waals surface area contributed by atoms with E-state index in [1.165, 1.54) is 12.2 Å². The lowest BCUT2D eigenvalue weighted by atomic mass is 9.81. The van der Waals surface area contributed by atoms with Crippen LogP contribution in [0.2, 0.25) is 0 Å². The van der Waals surface area contributed by atoms with Crippen LogP contribution in [0.25, 0.3) is 0 Å². The highest BCUT2D eigenvalue weighted by Gasteiger charge is 2.34. The molecule has 3 nitrogen and oxygen atoms in total. The Bertz CT molecular complexity index is 426. The van der Waals surface area contributed by atoms with Gasteiger partial charge < -0.3 is 9.64 Å². The normalized spacial score (nSPS) is 23.2. The van der Waals surface area contributed by atoms with E-state index >= 15 is 0 Å². The number of hydrogen-bond donors (Lipinski definition) is 1. The first kappa shape index (κ1) is 15.2. The molecule has 2 heterocycles. The molecule has 0 amide bonds. The van der Waals surface area contributed by atoms with Crippen molar-refractivity contribution in [2.24, 2.45) is 5.41 Å². The summed E-state index contributed by atoms with van der Waals surface area (Å²) in [6.07, 6.45) is 2.32. The fourth-order valence-electron chi connectivity index (χ4n) is 3.45. The van der Waals surface area contributed by atoms with Gasteiger partial charge in [0.2, 0.25) is 0 Å². The molecule has 21 heavy (non-hydrogen) atoms. The second-order valence-electron chi connectivity index (χ2n) is 6.37. The fourth-order valence-corrected chi connectivity index (χ4v) is 3.86. The van der Waals surface area contributed by atoms with E-state index in [-0.39, 0.29) is 0 Å². The van der Waals surface area contributed by atoms with E-state index in [9.17, 15) is 0 Å². The van der Waals surface area contributed by atoms with Crippen molar-refractivity contribution in [3.05, 3.63) is 30.3 Å². The van der Waals surface area contributed by atoms with Gasteiger partial charge in [-0.05, 0) is 36.1 Å². The molecule has 2 fully saturated rings. The van der Waals surface area contributed by atoms with E-state index in [0.717, 1.165) is 58.0 Å². The summed E-state index contributed by atoms with van der Waals surface area (Å²) in [6, 6.07) is 10.8. The van der Waals surface area contributed by atoms with Gasteiger partial charge in [0, 0.05) is 51.6 Å². The van der Waals surface area contributed by atoms with Gasteiger partial charge in [-0.2, -0.15) is 12.6 Å². The first-order valence-corrected chi connectivity index (χ1v) is 8.66. The van der Waals surface area contributed by atoms with Crippen LogP contribution >= 0.6 is 12.6 Å². The molecule has 2 aliphatic heterocycles. The van der Waals surface area contributed by atoms with E-state index in [2.05, 4.69) is 52.8 Å². The largest absolute Gasteiger partial charge is 0.381 e. The van der Waals surface area contributed by atoms with Gasteiger partial charge in [0.05, 0.1) is 0 Å². The van der Waals surface area contributed by atoms with E-state index in [4.69, 9.17) is 4.74 Å². The van der Waals surface area contributed by atoms with Crippen LogP contribution in [0.4, 0.5) is 5.69 Å². The van der Waals surface area contributed by atoms with Gasteiger partial charge in [-0.25, -0.2) is 0 Å². The monoisotopic (exact) mass is 306 g/mol. The molecule has 0 atom stereocenters. The summed E-state index contributed by atoms with van der Waals surface area (Å²) >= 11 is 4.63. The molecule has 2 saturated heterocycles. The van der Waals surface area contributed by atoms with Gasteiger partial charge in [0.25, 0.3) is 0 Å². The fraction of sp³-hybridized carbons (Fsp3) is 0.647. The lowest BCUT2D eigenvalue weighted by Gasteiger charge is -2.43. The van der Waals surface area contributed by atoms with E-state index in [0.29, 0.717) is 5.41 Å². The average molecular weight is 306 g/mol. The van der Waals surface area contributed by atoms with Crippen LogP contribution < -0.4 is 4.90 Å². The molecular formula is C17H26N2OS. The second-order valence-corrected chi connectivity index (χ2v) is 6.69. The summed E-state index contributed by atoms with van der Waals surface area (Å²) in [5.74, 6) is 0.981. The Kier molecular flexibility index (Phi) is 5.09. The van der Waals surface area contributed by atoms with Crippen LogP contribution in [0.3, 0.4) is 0 Å². The number of nitrogens with zero attached hydrogens (tertiary/aromatic N) is 2. The molecule has 0 bridgehead atoms. The van der Waals surface area contributed by atoms with Crippen molar-refractivity contribution in [2.75, 3.05) is 56.6 Å². The number of ether oxygens (including phenoxy) is 1. The van der Waals surface area contributed by atoms with Gasteiger partial charge in [-0.3, -0.25) is 4.90 Å². The summed E-state index contributed by atoms with van der Waals surface area (Å²) in [4.78, 5) is 5.12. The van der Waals surface area contributed by atoms with Crippen LogP contribution in [0.1, 0.15) is 12.8 Å². The number of hydrogen-bond acceptors (Lipinski definition) is 4. The predicted octanol–water partition coefficient (Wildman–Crippen LogP) is 2.54. The molecule has 1 aromatic rings. The summed E-state index contributed by atoms with van der Waals surface area (Å²) in [7, 11) is 0. The first-order valence-electron chi connectivity index (χ1n) is 8.02. The second kappa shape index (κ2) is 7.03. The van der Waals surface area contributed by atoms with Crippen molar-refractivity contribution < 1.29 is 4.74 Å². The lowest BCUT2D eigenvalue weighted by molar-refractivity contribution is 0.00695. The van der Waals surface area contributed by atoms with Crippen LogP contribution in [0.15, 0.2) is 30.3 Å². The van der Waals surface area contributed by atoms with Gasteiger partial charge in [-0.1, -0.05) is 18.2 Å². The zero-order valence-corrected chi connectivity index (χ0v) is 13.6. The molecule has 0 unspecified atom stereocenters. The third-order valence-electron chi connectivity index (χ3n) is 4.94. The number of rotatable bonds is 4. The van der Waals surface area contributed by atoms with Gasteiger partial charge in [-0.15, -0.1) is 0 Å². The Morgan fingerprint density at radius 1 is 1.00 bits per heavy atom. The highest BCUT2D eigenvalue weighted by molar-refractivity contribution is 7.80. The summed E-state index contributed by atoms with van der Waals surface area (Å²) in [6.45, 7) is 7.57. The molecule has 0 radical (unpaired) electrons. The maximum absolute atomic E-state index is 5.53. The molecule has 1 aromatic carbocycles. The third-order valence-corrected chi connectivity index (χ3v) is 5.61. The molecule has 4 heteroatoms. The molecule has 2 aliphatic rings. The molecular weight excluding hydrogens is 280 g/mol. The Balaban J connectivity index is 1.53. The summed E-state index contributed by atoms with van der Waals surface area (Å²) < 4.78 is 5.53. The van der Waals surface area contributed by atoms with Gasteiger partial charge in [0.1, 0.15) is 0 Å². The number of thiol groups is 1.